The summed E-state index contributed by atoms with van der Waals surface area (Å²) in [4.78, 5) is 24.3. The van der Waals surface area contributed by atoms with E-state index in [2.05, 4.69) is 5.32 Å². The lowest BCUT2D eigenvalue weighted by molar-refractivity contribution is -0.111. The topological polar surface area (TPSA) is 83.1 Å². The van der Waals surface area contributed by atoms with E-state index in [0.29, 0.717) is 11.5 Å². The van der Waals surface area contributed by atoms with Crippen molar-refractivity contribution in [3.05, 3.63) is 53.6 Å². The molecule has 2 aromatic carbocycles. The van der Waals surface area contributed by atoms with E-state index in [1.165, 1.54) is 39.5 Å². The summed E-state index contributed by atoms with van der Waals surface area (Å²) in [5.41, 5.74) is 1.23. The van der Waals surface area contributed by atoms with Crippen LogP contribution in [0.5, 0.6) is 17.2 Å². The summed E-state index contributed by atoms with van der Waals surface area (Å²) in [6, 6.07) is 10.2. The SMILES string of the molecule is COC(=O)c1cc(OC)c(OC)cc1NC(=O)/C=C/c1ccc(OC)cc1. The summed E-state index contributed by atoms with van der Waals surface area (Å²) in [5.74, 6) is 0.433. The van der Waals surface area contributed by atoms with Crippen LogP contribution in [0.15, 0.2) is 42.5 Å². The summed E-state index contributed by atoms with van der Waals surface area (Å²) < 4.78 is 20.3. The number of anilines is 1. The van der Waals surface area contributed by atoms with E-state index in [-0.39, 0.29) is 11.3 Å². The van der Waals surface area contributed by atoms with Crippen molar-refractivity contribution in [1.29, 1.82) is 0 Å². The predicted molar refractivity (Wildman–Crippen MR) is 102 cm³/mol. The number of carbonyl (C=O) groups excluding carboxylic acids is 2. The first-order valence-corrected chi connectivity index (χ1v) is 7.99. The minimum absolute atomic E-state index is 0.154. The molecule has 0 radical (unpaired) electrons. The average molecular weight is 371 g/mol. The van der Waals surface area contributed by atoms with Gasteiger partial charge in [-0.05, 0) is 23.8 Å². The average Bonchev–Trinajstić information content (AvgIpc) is 2.71. The zero-order chi connectivity index (χ0) is 19.8. The van der Waals surface area contributed by atoms with Crippen molar-refractivity contribution in [1.82, 2.24) is 0 Å². The molecule has 0 saturated heterocycles. The fraction of sp³-hybridized carbons (Fsp3) is 0.200. The van der Waals surface area contributed by atoms with Gasteiger partial charge in [0.2, 0.25) is 5.91 Å². The number of carbonyl (C=O) groups is 2. The maximum atomic E-state index is 12.3. The number of benzene rings is 2. The van der Waals surface area contributed by atoms with Gasteiger partial charge in [-0.3, -0.25) is 4.79 Å². The monoisotopic (exact) mass is 371 g/mol. The van der Waals surface area contributed by atoms with Crippen molar-refractivity contribution in [2.45, 2.75) is 0 Å². The molecule has 142 valence electrons. The van der Waals surface area contributed by atoms with Crippen molar-refractivity contribution in [2.75, 3.05) is 33.8 Å². The van der Waals surface area contributed by atoms with Crippen molar-refractivity contribution in [2.24, 2.45) is 0 Å². The fourth-order valence-corrected chi connectivity index (χ4v) is 2.32. The smallest absolute Gasteiger partial charge is 0.340 e. The Morgan fingerprint density at radius 2 is 1.52 bits per heavy atom. The van der Waals surface area contributed by atoms with Gasteiger partial charge in [0.15, 0.2) is 11.5 Å². The normalized spacial score (nSPS) is 10.4. The highest BCUT2D eigenvalue weighted by Gasteiger charge is 2.18. The van der Waals surface area contributed by atoms with Gasteiger partial charge in [-0.1, -0.05) is 12.1 Å². The van der Waals surface area contributed by atoms with E-state index in [1.54, 1.807) is 25.3 Å². The summed E-state index contributed by atoms with van der Waals surface area (Å²) >= 11 is 0. The summed E-state index contributed by atoms with van der Waals surface area (Å²) in [6.45, 7) is 0. The van der Waals surface area contributed by atoms with Crippen molar-refractivity contribution >= 4 is 23.6 Å². The van der Waals surface area contributed by atoms with Gasteiger partial charge in [0.05, 0.1) is 39.7 Å². The molecule has 0 heterocycles. The maximum Gasteiger partial charge on any atom is 0.340 e. The largest absolute Gasteiger partial charge is 0.497 e. The van der Waals surface area contributed by atoms with E-state index in [9.17, 15) is 9.59 Å². The predicted octanol–water partition coefficient (Wildman–Crippen LogP) is 3.15. The summed E-state index contributed by atoms with van der Waals surface area (Å²) in [5, 5.41) is 2.66. The minimum Gasteiger partial charge on any atom is -0.497 e. The fourth-order valence-electron chi connectivity index (χ4n) is 2.32. The quantitative estimate of drug-likeness (QED) is 0.595. The third-order valence-electron chi connectivity index (χ3n) is 3.73. The number of amides is 1. The van der Waals surface area contributed by atoms with Crippen LogP contribution in [0.3, 0.4) is 0 Å². The number of esters is 1. The maximum absolute atomic E-state index is 12.3. The molecule has 0 aliphatic carbocycles. The Kier molecular flexibility index (Phi) is 6.82. The first kappa shape index (κ1) is 19.8. The summed E-state index contributed by atoms with van der Waals surface area (Å²) in [7, 11) is 5.76. The van der Waals surface area contributed by atoms with Crippen LogP contribution in [0, 0.1) is 0 Å². The van der Waals surface area contributed by atoms with E-state index in [1.807, 2.05) is 12.1 Å². The zero-order valence-corrected chi connectivity index (χ0v) is 15.6. The third kappa shape index (κ3) is 5.01. The third-order valence-corrected chi connectivity index (χ3v) is 3.73. The van der Waals surface area contributed by atoms with Gasteiger partial charge < -0.3 is 24.3 Å². The van der Waals surface area contributed by atoms with Crippen molar-refractivity contribution in [3.8, 4) is 17.2 Å². The molecular weight excluding hydrogens is 350 g/mol. The van der Waals surface area contributed by atoms with Crippen LogP contribution in [0.1, 0.15) is 15.9 Å². The second-order valence-electron chi connectivity index (χ2n) is 5.34. The second kappa shape index (κ2) is 9.28. The number of rotatable bonds is 7. The minimum atomic E-state index is -0.606. The first-order chi connectivity index (χ1) is 13.0. The van der Waals surface area contributed by atoms with Crippen LogP contribution in [-0.2, 0) is 9.53 Å². The summed E-state index contributed by atoms with van der Waals surface area (Å²) in [6.07, 6.45) is 3.01. The van der Waals surface area contributed by atoms with Crippen molar-refractivity contribution < 1.29 is 28.5 Å². The van der Waals surface area contributed by atoms with Gasteiger partial charge in [0.25, 0.3) is 0 Å². The lowest BCUT2D eigenvalue weighted by atomic mass is 10.1. The van der Waals surface area contributed by atoms with Crippen LogP contribution in [0.2, 0.25) is 0 Å². The van der Waals surface area contributed by atoms with Gasteiger partial charge in [-0.25, -0.2) is 4.79 Å². The molecule has 0 unspecified atom stereocenters. The molecule has 0 aliphatic rings. The van der Waals surface area contributed by atoms with Crippen LogP contribution in [-0.4, -0.2) is 40.3 Å². The van der Waals surface area contributed by atoms with E-state index < -0.39 is 11.9 Å². The second-order valence-corrected chi connectivity index (χ2v) is 5.34. The van der Waals surface area contributed by atoms with Crippen LogP contribution in [0.4, 0.5) is 5.69 Å². The molecule has 0 fully saturated rings. The first-order valence-electron chi connectivity index (χ1n) is 7.99. The molecule has 0 bridgehead atoms. The van der Waals surface area contributed by atoms with Crippen LogP contribution >= 0.6 is 0 Å². The molecule has 1 amide bonds. The Morgan fingerprint density at radius 1 is 0.889 bits per heavy atom. The van der Waals surface area contributed by atoms with Gasteiger partial charge in [0.1, 0.15) is 5.75 Å². The van der Waals surface area contributed by atoms with E-state index in [4.69, 9.17) is 18.9 Å². The Labute approximate surface area is 157 Å². The Morgan fingerprint density at radius 3 is 2.07 bits per heavy atom. The highest BCUT2D eigenvalue weighted by atomic mass is 16.5. The number of methoxy groups -OCH3 is 4. The van der Waals surface area contributed by atoms with Crippen molar-refractivity contribution in [3.63, 3.8) is 0 Å². The molecule has 7 heteroatoms. The molecule has 0 saturated carbocycles. The van der Waals surface area contributed by atoms with Gasteiger partial charge in [0, 0.05) is 18.2 Å². The Balaban J connectivity index is 2.24. The lowest BCUT2D eigenvalue weighted by Crippen LogP contribution is -2.13. The van der Waals surface area contributed by atoms with Gasteiger partial charge in [-0.2, -0.15) is 0 Å². The molecule has 1 N–H and O–H groups in total. The molecule has 0 spiro atoms. The molecule has 2 rings (SSSR count). The number of ether oxygens (including phenoxy) is 4. The molecule has 27 heavy (non-hydrogen) atoms. The molecule has 7 nitrogen and oxygen atoms in total. The van der Waals surface area contributed by atoms with E-state index in [0.717, 1.165) is 11.3 Å². The molecule has 0 aromatic heterocycles. The molecular formula is C20H21NO6. The molecule has 0 atom stereocenters. The molecule has 0 aliphatic heterocycles. The lowest BCUT2D eigenvalue weighted by Gasteiger charge is -2.14. The van der Waals surface area contributed by atoms with Gasteiger partial charge in [-0.15, -0.1) is 0 Å². The van der Waals surface area contributed by atoms with Gasteiger partial charge >= 0.3 is 5.97 Å². The molecule has 2 aromatic rings. The Hall–Kier alpha value is -3.48. The highest BCUT2D eigenvalue weighted by Crippen LogP contribution is 2.33. The number of hydrogen-bond acceptors (Lipinski definition) is 6. The van der Waals surface area contributed by atoms with Crippen LogP contribution in [0.25, 0.3) is 6.08 Å². The van der Waals surface area contributed by atoms with E-state index >= 15 is 0 Å². The zero-order valence-electron chi connectivity index (χ0n) is 15.6. The van der Waals surface area contributed by atoms with Crippen LogP contribution < -0.4 is 19.5 Å². The standard InChI is InChI=1S/C20H21NO6/c1-24-14-8-5-13(6-9-14)7-10-19(22)21-16-12-18(26-3)17(25-2)11-15(16)20(23)27-4/h5-12H,1-4H3,(H,21,22)/b10-7+. The highest BCUT2D eigenvalue weighted by molar-refractivity contribution is 6.07. The number of hydrogen-bond donors (Lipinski definition) is 1. The number of nitrogens with one attached hydrogen (secondary N) is 1. The Bertz CT molecular complexity index is 842.